The van der Waals surface area contributed by atoms with Crippen LogP contribution in [0, 0.1) is 11.8 Å². The van der Waals surface area contributed by atoms with Crippen molar-refractivity contribution < 1.29 is 29.0 Å². The van der Waals surface area contributed by atoms with Crippen molar-refractivity contribution in [3.05, 3.63) is 24.3 Å². The molecule has 2 amide bonds. The fourth-order valence-electron chi connectivity index (χ4n) is 6.63. The monoisotopic (exact) mass is 533 g/mol. The van der Waals surface area contributed by atoms with Crippen LogP contribution < -0.4 is 0 Å². The Morgan fingerprint density at radius 2 is 1.78 bits per heavy atom. The molecular formula is C27H39N3O6S. The Hall–Kier alpha value is -1.88. The minimum atomic E-state index is -0.827. The minimum absolute atomic E-state index is 0.0426. The van der Waals surface area contributed by atoms with E-state index >= 15 is 0 Å². The lowest BCUT2D eigenvalue weighted by molar-refractivity contribution is -0.154. The number of carbonyl (C=O) groups excluding carboxylic acids is 3. The van der Waals surface area contributed by atoms with Crippen LogP contribution in [0.2, 0.25) is 0 Å². The van der Waals surface area contributed by atoms with Crippen molar-refractivity contribution in [3.63, 3.8) is 0 Å². The van der Waals surface area contributed by atoms with Crippen LogP contribution in [0.5, 0.6) is 0 Å². The highest BCUT2D eigenvalue weighted by Crippen LogP contribution is 2.65. The van der Waals surface area contributed by atoms with Crippen LogP contribution >= 0.6 is 11.8 Å². The van der Waals surface area contributed by atoms with E-state index in [-0.39, 0.29) is 24.4 Å². The molecule has 1 N–H and O–H groups in total. The molecule has 5 aliphatic heterocycles. The molecule has 0 aliphatic carbocycles. The Morgan fingerprint density at radius 1 is 0.973 bits per heavy atom. The predicted octanol–water partition coefficient (Wildman–Crippen LogP) is 1.07. The largest absolute Gasteiger partial charge is 0.465 e. The van der Waals surface area contributed by atoms with Gasteiger partial charge >= 0.3 is 5.97 Å². The molecule has 5 aliphatic rings. The summed E-state index contributed by atoms with van der Waals surface area (Å²) < 4.78 is 9.59. The number of aliphatic hydroxyl groups is 1. The molecule has 1 spiro atoms. The molecule has 0 radical (unpaired) electrons. The maximum Gasteiger partial charge on any atom is 0.311 e. The highest BCUT2D eigenvalue weighted by molar-refractivity contribution is 8.02. The summed E-state index contributed by atoms with van der Waals surface area (Å²) >= 11 is 1.59. The second kappa shape index (κ2) is 11.1. The summed E-state index contributed by atoms with van der Waals surface area (Å²) in [5, 5.41) is 9.22. The summed E-state index contributed by atoms with van der Waals surface area (Å²) in [4.78, 5) is 47.6. The summed E-state index contributed by atoms with van der Waals surface area (Å²) in [5.41, 5.74) is 0. The van der Waals surface area contributed by atoms with Crippen molar-refractivity contribution >= 4 is 29.5 Å². The van der Waals surface area contributed by atoms with Gasteiger partial charge in [0.15, 0.2) is 0 Å². The molecule has 1 unspecified atom stereocenters. The van der Waals surface area contributed by atoms with Crippen molar-refractivity contribution in [1.29, 1.82) is 0 Å². The fraction of sp³-hybridized carbons (Fsp3) is 0.741. The molecule has 0 aromatic rings. The third-order valence-electron chi connectivity index (χ3n) is 8.45. The summed E-state index contributed by atoms with van der Waals surface area (Å²) in [6.45, 7) is 7.81. The number of likely N-dealkylation sites (tertiary alicyclic amines) is 1. The van der Waals surface area contributed by atoms with Gasteiger partial charge in [-0.1, -0.05) is 24.3 Å². The number of fused-ring (bicyclic) bond motifs is 2. The van der Waals surface area contributed by atoms with E-state index in [4.69, 9.17) is 9.47 Å². The maximum absolute atomic E-state index is 14.3. The fourth-order valence-corrected chi connectivity index (χ4v) is 8.79. The molecule has 5 rings (SSSR count). The van der Waals surface area contributed by atoms with Crippen LogP contribution in [0.1, 0.15) is 32.6 Å². The van der Waals surface area contributed by atoms with Gasteiger partial charge in [-0.25, -0.2) is 0 Å². The zero-order valence-electron chi connectivity index (χ0n) is 21.7. The van der Waals surface area contributed by atoms with Gasteiger partial charge in [-0.05, 0) is 32.6 Å². The third-order valence-corrected chi connectivity index (χ3v) is 10.2. The second-order valence-corrected chi connectivity index (χ2v) is 12.6. The first-order chi connectivity index (χ1) is 17.9. The molecule has 5 atom stereocenters. The first-order valence-corrected chi connectivity index (χ1v) is 14.5. The van der Waals surface area contributed by atoms with Crippen molar-refractivity contribution in [2.45, 2.75) is 48.1 Å². The van der Waals surface area contributed by atoms with Gasteiger partial charge in [0, 0.05) is 50.6 Å². The average molecular weight is 534 g/mol. The van der Waals surface area contributed by atoms with Crippen molar-refractivity contribution in [2.75, 3.05) is 65.7 Å². The summed E-state index contributed by atoms with van der Waals surface area (Å²) in [5.74, 6) is -1.82. The zero-order chi connectivity index (χ0) is 26.0. The number of morpholine rings is 1. The smallest absolute Gasteiger partial charge is 0.311 e. The van der Waals surface area contributed by atoms with Crippen molar-refractivity contribution in [1.82, 2.24) is 14.7 Å². The molecule has 0 aromatic carbocycles. The van der Waals surface area contributed by atoms with E-state index in [2.05, 4.69) is 17.1 Å². The van der Waals surface area contributed by atoms with Crippen molar-refractivity contribution in [2.24, 2.45) is 11.8 Å². The van der Waals surface area contributed by atoms with E-state index in [9.17, 15) is 19.5 Å². The number of hydrogen-bond donors (Lipinski definition) is 1. The molecule has 9 nitrogen and oxygen atoms in total. The zero-order valence-corrected chi connectivity index (χ0v) is 22.5. The van der Waals surface area contributed by atoms with E-state index in [0.717, 1.165) is 26.1 Å². The van der Waals surface area contributed by atoms with Gasteiger partial charge in [0.25, 0.3) is 0 Å². The molecule has 5 heterocycles. The van der Waals surface area contributed by atoms with Gasteiger partial charge in [-0.15, -0.1) is 11.8 Å². The standard InChI is InChI=1S/C27H39N3O6S/c1-26-8-3-6-17-36-25(34)21(26)20-23(32)30(11-4-2-5-16-31)22-24(33)29(10-7-9-27(20,22)37-26)13-12-28-14-18-35-19-15-28/h3,7-9,20-22,31H,2,4-6,10-19H2,1H3/t20-,21+,22?,26-,27-/m0/s1. The quantitative estimate of drug-likeness (QED) is 0.281. The number of thioether (sulfide) groups is 1. The number of carbonyl (C=O) groups is 3. The van der Waals surface area contributed by atoms with Gasteiger partial charge in [0.2, 0.25) is 11.8 Å². The van der Waals surface area contributed by atoms with Crippen LogP contribution in [0.4, 0.5) is 0 Å². The van der Waals surface area contributed by atoms with Gasteiger partial charge in [-0.3, -0.25) is 19.3 Å². The molecule has 10 heteroatoms. The lowest BCUT2D eigenvalue weighted by Crippen LogP contribution is -2.54. The summed E-state index contributed by atoms with van der Waals surface area (Å²) in [6.07, 6.45) is 11.0. The Morgan fingerprint density at radius 3 is 2.57 bits per heavy atom. The Balaban J connectivity index is 1.47. The first-order valence-electron chi connectivity index (χ1n) is 13.6. The number of esters is 1. The van der Waals surface area contributed by atoms with Crippen LogP contribution in [-0.2, 0) is 23.9 Å². The van der Waals surface area contributed by atoms with E-state index in [0.29, 0.717) is 58.7 Å². The Labute approximate surface area is 223 Å². The van der Waals surface area contributed by atoms with Gasteiger partial charge in [0.1, 0.15) is 6.04 Å². The van der Waals surface area contributed by atoms with Crippen LogP contribution in [-0.4, -0.2) is 119 Å². The molecule has 3 fully saturated rings. The molecule has 204 valence electrons. The Kier molecular flexibility index (Phi) is 8.00. The van der Waals surface area contributed by atoms with Crippen LogP contribution in [0.25, 0.3) is 0 Å². The number of rotatable bonds is 8. The third kappa shape index (κ3) is 4.86. The SMILES string of the molecule is C[C@]12C=CCCOC(=O)[C@H]1[C@H]1C(=O)N(CCCCCO)C3C(=O)N(CCN4CCOCC4)CC=C[C@@]31S2. The number of unbranched alkanes of at least 4 members (excludes halogenated alkanes) is 2. The molecule has 37 heavy (non-hydrogen) atoms. The number of ether oxygens (including phenoxy) is 2. The number of hydrogen-bond acceptors (Lipinski definition) is 8. The number of amides is 2. The van der Waals surface area contributed by atoms with Crippen LogP contribution in [0.3, 0.4) is 0 Å². The van der Waals surface area contributed by atoms with E-state index in [1.54, 1.807) is 16.7 Å². The van der Waals surface area contributed by atoms with Gasteiger partial charge in [0.05, 0.1) is 36.4 Å². The normalized spacial score (nSPS) is 36.1. The highest BCUT2D eigenvalue weighted by Gasteiger charge is 2.73. The maximum atomic E-state index is 14.3. The highest BCUT2D eigenvalue weighted by atomic mass is 32.2. The van der Waals surface area contributed by atoms with E-state index in [1.807, 2.05) is 24.0 Å². The van der Waals surface area contributed by atoms with Crippen LogP contribution in [0.15, 0.2) is 24.3 Å². The molecule has 3 saturated heterocycles. The van der Waals surface area contributed by atoms with E-state index in [1.165, 1.54) is 0 Å². The lowest BCUT2D eigenvalue weighted by Gasteiger charge is -2.37. The second-order valence-electron chi connectivity index (χ2n) is 10.8. The van der Waals surface area contributed by atoms with Crippen molar-refractivity contribution in [3.8, 4) is 0 Å². The lowest BCUT2D eigenvalue weighted by atomic mass is 9.74. The van der Waals surface area contributed by atoms with E-state index < -0.39 is 27.4 Å². The first kappa shape index (κ1) is 26.7. The number of cyclic esters (lactones) is 1. The molecule has 0 saturated carbocycles. The molecule has 0 aromatic heterocycles. The number of aliphatic hydroxyl groups excluding tert-OH is 1. The predicted molar refractivity (Wildman–Crippen MR) is 140 cm³/mol. The summed E-state index contributed by atoms with van der Waals surface area (Å²) in [7, 11) is 0. The van der Waals surface area contributed by atoms with Gasteiger partial charge < -0.3 is 24.4 Å². The number of nitrogens with zero attached hydrogens (tertiary/aromatic N) is 3. The summed E-state index contributed by atoms with van der Waals surface area (Å²) in [6, 6.07) is -0.668. The molecular weight excluding hydrogens is 494 g/mol. The Bertz CT molecular complexity index is 952. The van der Waals surface area contributed by atoms with Gasteiger partial charge in [-0.2, -0.15) is 0 Å². The molecule has 0 bridgehead atoms. The topological polar surface area (TPSA) is 99.6 Å². The average Bonchev–Trinajstić information content (AvgIpc) is 3.20. The minimum Gasteiger partial charge on any atom is -0.465 e.